The first kappa shape index (κ1) is 16.0. The van der Waals surface area contributed by atoms with Crippen LogP contribution in [0.1, 0.15) is 13.8 Å². The molecule has 3 nitrogen and oxygen atoms in total. The van der Waals surface area contributed by atoms with Crippen LogP contribution in [-0.2, 0) is 14.3 Å². The summed E-state index contributed by atoms with van der Waals surface area (Å²) in [6.07, 6.45) is -10.4. The Morgan fingerprint density at radius 1 is 1.06 bits per heavy atom. The summed E-state index contributed by atoms with van der Waals surface area (Å²) < 4.78 is 82.1. The van der Waals surface area contributed by atoms with Crippen molar-refractivity contribution in [2.45, 2.75) is 32.0 Å². The maximum Gasteiger partial charge on any atom is 0.460 e. The Hall–Kier alpha value is -0.990. The van der Waals surface area contributed by atoms with Gasteiger partial charge in [-0.15, -0.1) is 0 Å². The Balaban J connectivity index is 5.32. The van der Waals surface area contributed by atoms with E-state index in [1.165, 1.54) is 0 Å². The first-order valence-corrected chi connectivity index (χ1v) is 4.30. The molecule has 9 heteroatoms. The Kier molecular flexibility index (Phi) is 4.44. The summed E-state index contributed by atoms with van der Waals surface area (Å²) in [5.41, 5.74) is 0. The quantitative estimate of drug-likeness (QED) is 0.581. The van der Waals surface area contributed by atoms with Gasteiger partial charge >= 0.3 is 24.1 Å². The minimum Gasteiger partial charge on any atom is -0.465 e. The fourth-order valence-electron chi connectivity index (χ4n) is 0.652. The van der Waals surface area contributed by atoms with Gasteiger partial charge in [0, 0.05) is 5.92 Å². The fraction of sp³-hybridized carbons (Fsp3) is 0.875. The minimum absolute atomic E-state index is 0.416. The number of hydrogen-bond acceptors (Lipinski definition) is 3. The molecule has 0 bridgehead atoms. The lowest BCUT2D eigenvalue weighted by molar-refractivity contribution is -0.408. The maximum absolute atomic E-state index is 13.2. The van der Waals surface area contributed by atoms with Crippen molar-refractivity contribution in [3.63, 3.8) is 0 Å². The smallest absolute Gasteiger partial charge is 0.460 e. The second-order valence-electron chi connectivity index (χ2n) is 3.40. The zero-order valence-electron chi connectivity index (χ0n) is 9.07. The van der Waals surface area contributed by atoms with Gasteiger partial charge in [0.2, 0.25) is 0 Å². The number of alkyl halides is 6. The van der Waals surface area contributed by atoms with Crippen LogP contribution in [0.5, 0.6) is 0 Å². The number of methoxy groups -OCH3 is 1. The van der Waals surface area contributed by atoms with Crippen LogP contribution in [0.25, 0.3) is 0 Å². The first-order chi connectivity index (χ1) is 7.38. The van der Waals surface area contributed by atoms with Gasteiger partial charge in [0.15, 0.2) is 0 Å². The molecule has 0 aromatic carbocycles. The predicted octanol–water partition coefficient (Wildman–Crippen LogP) is 2.65. The van der Waals surface area contributed by atoms with Gasteiger partial charge < -0.3 is 4.74 Å². The number of rotatable bonds is 4. The van der Waals surface area contributed by atoms with Crippen molar-refractivity contribution in [3.05, 3.63) is 0 Å². The molecule has 0 fully saturated rings. The number of esters is 1. The Morgan fingerprint density at radius 2 is 1.47 bits per heavy atom. The molecular formula is C8H10F6O3. The number of hydrogen-bond donors (Lipinski definition) is 0. The lowest BCUT2D eigenvalue weighted by Crippen LogP contribution is -2.55. The third-order valence-corrected chi connectivity index (χ3v) is 1.76. The van der Waals surface area contributed by atoms with Crippen molar-refractivity contribution in [1.82, 2.24) is 0 Å². The van der Waals surface area contributed by atoms with E-state index in [-0.39, 0.29) is 0 Å². The van der Waals surface area contributed by atoms with Gasteiger partial charge in [-0.05, 0) is 0 Å². The molecule has 0 saturated carbocycles. The molecule has 0 amide bonds. The average Bonchev–Trinajstić information content (AvgIpc) is 2.13. The van der Waals surface area contributed by atoms with Crippen molar-refractivity contribution in [3.8, 4) is 0 Å². The predicted molar refractivity (Wildman–Crippen MR) is 42.8 cm³/mol. The molecule has 0 heterocycles. The molecule has 0 aliphatic heterocycles. The van der Waals surface area contributed by atoms with Gasteiger partial charge in [-0.2, -0.15) is 26.3 Å². The number of halogens is 6. The van der Waals surface area contributed by atoms with E-state index in [2.05, 4.69) is 9.47 Å². The lowest BCUT2D eigenvalue weighted by atomic mass is 10.2. The summed E-state index contributed by atoms with van der Waals surface area (Å²) in [5.74, 6) is -9.55. The molecule has 0 aromatic heterocycles. The van der Waals surface area contributed by atoms with E-state index >= 15 is 0 Å². The van der Waals surface area contributed by atoms with Crippen molar-refractivity contribution in [2.24, 2.45) is 5.92 Å². The number of carbonyl (C=O) groups is 1. The van der Waals surface area contributed by atoms with E-state index in [1.807, 2.05) is 0 Å². The van der Waals surface area contributed by atoms with E-state index in [0.29, 0.717) is 7.11 Å². The van der Waals surface area contributed by atoms with Crippen LogP contribution in [0.15, 0.2) is 0 Å². The molecule has 0 aliphatic carbocycles. The van der Waals surface area contributed by atoms with Gasteiger partial charge in [-0.3, -0.25) is 4.74 Å². The van der Waals surface area contributed by atoms with Gasteiger partial charge in [0.25, 0.3) is 0 Å². The van der Waals surface area contributed by atoms with E-state index in [4.69, 9.17) is 0 Å². The molecule has 0 rings (SSSR count). The van der Waals surface area contributed by atoms with Crippen molar-refractivity contribution in [2.75, 3.05) is 7.11 Å². The molecule has 0 aromatic rings. The second-order valence-corrected chi connectivity index (χ2v) is 3.40. The number of ether oxygens (including phenoxy) is 2. The van der Waals surface area contributed by atoms with E-state index in [9.17, 15) is 31.1 Å². The number of carbonyl (C=O) groups excluding carboxylic acids is 1. The van der Waals surface area contributed by atoms with Gasteiger partial charge in [0.05, 0.1) is 7.11 Å². The highest BCUT2D eigenvalue weighted by molar-refractivity contribution is 5.78. The molecule has 1 unspecified atom stereocenters. The zero-order chi connectivity index (χ0) is 14.1. The Labute approximate surface area is 92.7 Å². The Bertz CT molecular complexity index is 287. The largest absolute Gasteiger partial charge is 0.465 e. The molecular weight excluding hydrogens is 258 g/mol. The fourth-order valence-corrected chi connectivity index (χ4v) is 0.652. The second kappa shape index (κ2) is 4.71. The van der Waals surface area contributed by atoms with Crippen LogP contribution >= 0.6 is 0 Å². The first-order valence-electron chi connectivity index (χ1n) is 4.30. The summed E-state index contributed by atoms with van der Waals surface area (Å²) in [5, 5.41) is 0. The molecule has 102 valence electrons. The standard InChI is InChI=1S/C8H10F6O3/c1-4(2)7(10,11)17-6(9,5(15)16-3)8(12,13)14/h4H,1-3H3. The molecule has 0 radical (unpaired) electrons. The SMILES string of the molecule is COC(=O)C(F)(OC(F)(F)C(C)C)C(F)(F)F. The van der Waals surface area contributed by atoms with Crippen LogP contribution in [0.3, 0.4) is 0 Å². The molecule has 17 heavy (non-hydrogen) atoms. The lowest BCUT2D eigenvalue weighted by Gasteiger charge is -2.30. The van der Waals surface area contributed by atoms with E-state index < -0.39 is 30.0 Å². The van der Waals surface area contributed by atoms with Gasteiger partial charge in [0.1, 0.15) is 0 Å². The molecule has 0 spiro atoms. The molecule has 0 saturated heterocycles. The molecule has 0 N–H and O–H groups in total. The van der Waals surface area contributed by atoms with Gasteiger partial charge in [-0.25, -0.2) is 4.79 Å². The van der Waals surface area contributed by atoms with Crippen LogP contribution in [0, 0.1) is 5.92 Å². The normalized spacial score (nSPS) is 16.8. The van der Waals surface area contributed by atoms with E-state index in [1.54, 1.807) is 0 Å². The summed E-state index contributed by atoms with van der Waals surface area (Å²) >= 11 is 0. The highest BCUT2D eigenvalue weighted by Crippen LogP contribution is 2.42. The molecule has 1 atom stereocenters. The molecule has 0 aliphatic rings. The van der Waals surface area contributed by atoms with Gasteiger partial charge in [-0.1, -0.05) is 13.8 Å². The highest BCUT2D eigenvalue weighted by Gasteiger charge is 2.69. The van der Waals surface area contributed by atoms with Crippen LogP contribution < -0.4 is 0 Å². The maximum atomic E-state index is 13.2. The monoisotopic (exact) mass is 268 g/mol. The topological polar surface area (TPSA) is 35.5 Å². The summed E-state index contributed by atoms with van der Waals surface area (Å²) in [7, 11) is 0.416. The van der Waals surface area contributed by atoms with Crippen LogP contribution in [-0.4, -0.2) is 31.2 Å². The van der Waals surface area contributed by atoms with Crippen molar-refractivity contribution >= 4 is 5.97 Å². The zero-order valence-corrected chi connectivity index (χ0v) is 9.07. The van der Waals surface area contributed by atoms with Crippen LogP contribution in [0.4, 0.5) is 26.3 Å². The minimum atomic E-state index is -5.97. The average molecular weight is 268 g/mol. The Morgan fingerprint density at radius 3 is 1.71 bits per heavy atom. The summed E-state index contributed by atoms with van der Waals surface area (Å²) in [6.45, 7) is 1.60. The van der Waals surface area contributed by atoms with Crippen LogP contribution in [0.2, 0.25) is 0 Å². The third-order valence-electron chi connectivity index (χ3n) is 1.76. The summed E-state index contributed by atoms with van der Waals surface area (Å²) in [4.78, 5) is 10.6. The van der Waals surface area contributed by atoms with Crippen molar-refractivity contribution < 1.29 is 40.6 Å². The van der Waals surface area contributed by atoms with Crippen molar-refractivity contribution in [1.29, 1.82) is 0 Å². The van der Waals surface area contributed by atoms with E-state index in [0.717, 1.165) is 13.8 Å². The highest BCUT2D eigenvalue weighted by atomic mass is 19.4. The summed E-state index contributed by atoms with van der Waals surface area (Å²) in [6, 6.07) is 0. The third kappa shape index (κ3) is 3.24.